The first-order valence-electron chi connectivity index (χ1n) is 9.67. The molecule has 0 heterocycles. The molecule has 3 aromatic rings. The molecule has 0 aliphatic rings. The number of carbonyl (C=O) groups excluding carboxylic acids is 2. The Bertz CT molecular complexity index is 1200. The van der Waals surface area contributed by atoms with Crippen LogP contribution in [0.5, 0.6) is 11.5 Å². The number of methoxy groups -OCH3 is 1. The minimum Gasteiger partial charge on any atom is -0.493 e. The molecule has 166 valence electrons. The number of hydrazone groups is 1. The summed E-state index contributed by atoms with van der Waals surface area (Å²) in [4.78, 5) is 34.3. The number of benzene rings is 3. The normalized spacial score (nSPS) is 10.8. The van der Waals surface area contributed by atoms with Gasteiger partial charge in [0.15, 0.2) is 11.5 Å². The molecule has 0 aliphatic carbocycles. The molecule has 0 aromatic heterocycles. The van der Waals surface area contributed by atoms with E-state index in [9.17, 15) is 19.7 Å². The van der Waals surface area contributed by atoms with Crippen LogP contribution in [0.25, 0.3) is 6.08 Å². The largest absolute Gasteiger partial charge is 0.493 e. The van der Waals surface area contributed by atoms with Crippen LogP contribution in [-0.4, -0.2) is 30.1 Å². The molecule has 0 bridgehead atoms. The van der Waals surface area contributed by atoms with E-state index in [2.05, 4.69) is 10.5 Å². The Morgan fingerprint density at radius 3 is 2.36 bits per heavy atom. The number of rotatable bonds is 8. The third kappa shape index (κ3) is 6.59. The number of ether oxygens (including phenoxy) is 2. The van der Waals surface area contributed by atoms with Gasteiger partial charge in [0.05, 0.1) is 18.2 Å². The molecular weight excluding hydrogens is 426 g/mol. The second-order valence-corrected chi connectivity index (χ2v) is 6.58. The smallest absolute Gasteiger partial charge is 0.336 e. The van der Waals surface area contributed by atoms with Crippen molar-refractivity contribution in [2.45, 2.75) is 0 Å². The molecule has 0 saturated carbocycles. The van der Waals surface area contributed by atoms with E-state index in [0.29, 0.717) is 11.3 Å². The van der Waals surface area contributed by atoms with Crippen molar-refractivity contribution in [3.8, 4) is 11.5 Å². The van der Waals surface area contributed by atoms with Crippen molar-refractivity contribution in [1.82, 2.24) is 5.43 Å². The van der Waals surface area contributed by atoms with Crippen LogP contribution in [-0.2, 0) is 4.79 Å². The molecule has 1 N–H and O–H groups in total. The van der Waals surface area contributed by atoms with Crippen LogP contribution in [0.15, 0.2) is 84.0 Å². The molecule has 0 radical (unpaired) electrons. The molecule has 0 atom stereocenters. The van der Waals surface area contributed by atoms with Gasteiger partial charge in [-0.1, -0.05) is 30.3 Å². The first-order valence-corrected chi connectivity index (χ1v) is 9.67. The highest BCUT2D eigenvalue weighted by Crippen LogP contribution is 2.27. The topological polar surface area (TPSA) is 120 Å². The van der Waals surface area contributed by atoms with E-state index in [4.69, 9.17) is 9.47 Å². The fraction of sp³-hybridized carbons (Fsp3) is 0.0417. The Morgan fingerprint density at radius 2 is 1.70 bits per heavy atom. The standard InChI is InChI=1S/C24H19N3O6/c1-32-22-15-18(16-25-26-24(29)19-9-11-20(12-10-19)27(30)31)7-13-21(22)33-23(28)14-8-17-5-3-2-4-6-17/h2-16H,1H3,(H,26,29)/b14-8+,25-16-. The summed E-state index contributed by atoms with van der Waals surface area (Å²) < 4.78 is 10.6. The number of non-ortho nitro benzene ring substituents is 1. The number of nitro groups is 1. The molecule has 9 nitrogen and oxygen atoms in total. The first-order chi connectivity index (χ1) is 16.0. The molecule has 0 saturated heterocycles. The van der Waals surface area contributed by atoms with Gasteiger partial charge in [-0.05, 0) is 47.5 Å². The number of esters is 1. The lowest BCUT2D eigenvalue weighted by molar-refractivity contribution is -0.384. The Balaban J connectivity index is 1.61. The third-order valence-electron chi connectivity index (χ3n) is 4.33. The maximum absolute atomic E-state index is 12.1. The molecule has 0 aliphatic heterocycles. The molecular formula is C24H19N3O6. The number of nitrogens with zero attached hydrogens (tertiary/aromatic N) is 2. The number of hydrogen-bond acceptors (Lipinski definition) is 7. The zero-order valence-corrected chi connectivity index (χ0v) is 17.5. The average Bonchev–Trinajstić information content (AvgIpc) is 2.84. The van der Waals surface area contributed by atoms with Gasteiger partial charge in [-0.15, -0.1) is 0 Å². The predicted octanol–water partition coefficient (Wildman–Crippen LogP) is 3.99. The van der Waals surface area contributed by atoms with Crippen LogP contribution in [0.2, 0.25) is 0 Å². The van der Waals surface area contributed by atoms with Crippen molar-refractivity contribution >= 4 is 29.9 Å². The molecule has 0 fully saturated rings. The van der Waals surface area contributed by atoms with Crippen molar-refractivity contribution in [3.63, 3.8) is 0 Å². The lowest BCUT2D eigenvalue weighted by Gasteiger charge is -2.08. The van der Waals surface area contributed by atoms with Crippen molar-refractivity contribution < 1.29 is 24.0 Å². The van der Waals surface area contributed by atoms with Crippen molar-refractivity contribution in [1.29, 1.82) is 0 Å². The van der Waals surface area contributed by atoms with Crippen LogP contribution in [0.1, 0.15) is 21.5 Å². The van der Waals surface area contributed by atoms with E-state index in [-0.39, 0.29) is 17.0 Å². The molecule has 0 unspecified atom stereocenters. The third-order valence-corrected chi connectivity index (χ3v) is 4.33. The van der Waals surface area contributed by atoms with E-state index in [0.717, 1.165) is 5.56 Å². The minimum atomic E-state index is -0.561. The molecule has 1 amide bonds. The van der Waals surface area contributed by atoms with E-state index < -0.39 is 16.8 Å². The summed E-state index contributed by atoms with van der Waals surface area (Å²) in [7, 11) is 1.43. The minimum absolute atomic E-state index is 0.113. The number of carbonyl (C=O) groups is 2. The number of nitrogens with one attached hydrogen (secondary N) is 1. The van der Waals surface area contributed by atoms with Crippen LogP contribution >= 0.6 is 0 Å². The van der Waals surface area contributed by atoms with E-state index >= 15 is 0 Å². The van der Waals surface area contributed by atoms with Gasteiger partial charge >= 0.3 is 5.97 Å². The number of amides is 1. The van der Waals surface area contributed by atoms with Crippen molar-refractivity contribution in [2.75, 3.05) is 7.11 Å². The predicted molar refractivity (Wildman–Crippen MR) is 122 cm³/mol. The Labute approximate surface area is 189 Å². The van der Waals surface area contributed by atoms with Gasteiger partial charge in [0.25, 0.3) is 11.6 Å². The molecule has 9 heteroatoms. The monoisotopic (exact) mass is 445 g/mol. The zero-order valence-electron chi connectivity index (χ0n) is 17.5. The SMILES string of the molecule is COc1cc(/C=N\NC(=O)c2ccc([N+](=O)[O-])cc2)ccc1OC(=O)/C=C/c1ccccc1. The number of nitro benzene ring substituents is 1. The second-order valence-electron chi connectivity index (χ2n) is 6.58. The second kappa shape index (κ2) is 11.0. The lowest BCUT2D eigenvalue weighted by Crippen LogP contribution is -2.17. The molecule has 0 spiro atoms. The summed E-state index contributed by atoms with van der Waals surface area (Å²) in [5.41, 5.74) is 3.89. The maximum Gasteiger partial charge on any atom is 0.336 e. The molecule has 3 aromatic carbocycles. The summed E-state index contributed by atoms with van der Waals surface area (Å²) >= 11 is 0. The Hall–Kier alpha value is -4.79. The van der Waals surface area contributed by atoms with Gasteiger partial charge in [0.2, 0.25) is 0 Å². The van der Waals surface area contributed by atoms with Gasteiger partial charge in [0, 0.05) is 23.8 Å². The van der Waals surface area contributed by atoms with E-state index in [1.807, 2.05) is 30.3 Å². The first kappa shape index (κ1) is 22.9. The average molecular weight is 445 g/mol. The lowest BCUT2D eigenvalue weighted by atomic mass is 10.2. The summed E-state index contributed by atoms with van der Waals surface area (Å²) in [5, 5.41) is 14.5. The van der Waals surface area contributed by atoms with Crippen LogP contribution in [0, 0.1) is 10.1 Å². The van der Waals surface area contributed by atoms with Crippen molar-refractivity contribution in [2.24, 2.45) is 5.10 Å². The number of hydrogen-bond donors (Lipinski definition) is 1. The summed E-state index contributed by atoms with van der Waals surface area (Å²) in [6.07, 6.45) is 4.34. The highest BCUT2D eigenvalue weighted by Gasteiger charge is 2.10. The summed E-state index contributed by atoms with van der Waals surface area (Å²) in [5.74, 6) is -0.549. The van der Waals surface area contributed by atoms with Gasteiger partial charge in [-0.2, -0.15) is 5.10 Å². The summed E-state index contributed by atoms with van der Waals surface area (Å²) in [6.45, 7) is 0. The highest BCUT2D eigenvalue weighted by atomic mass is 16.6. The van der Waals surface area contributed by atoms with Gasteiger partial charge in [0.1, 0.15) is 0 Å². The Morgan fingerprint density at radius 1 is 0.970 bits per heavy atom. The van der Waals surface area contributed by atoms with Crippen molar-refractivity contribution in [3.05, 3.63) is 106 Å². The van der Waals surface area contributed by atoms with Gasteiger partial charge in [-0.25, -0.2) is 10.2 Å². The van der Waals surface area contributed by atoms with Gasteiger partial charge < -0.3 is 9.47 Å². The zero-order chi connectivity index (χ0) is 23.6. The fourth-order valence-corrected chi connectivity index (χ4v) is 2.68. The van der Waals surface area contributed by atoms with Crippen LogP contribution in [0.4, 0.5) is 5.69 Å². The molecule has 33 heavy (non-hydrogen) atoms. The Kier molecular flexibility index (Phi) is 7.63. The summed E-state index contributed by atoms with van der Waals surface area (Å²) in [6, 6.07) is 19.2. The van der Waals surface area contributed by atoms with E-state index in [1.165, 1.54) is 43.7 Å². The van der Waals surface area contributed by atoms with E-state index in [1.54, 1.807) is 24.3 Å². The highest BCUT2D eigenvalue weighted by molar-refractivity contribution is 5.95. The maximum atomic E-state index is 12.1. The molecule has 3 rings (SSSR count). The van der Waals surface area contributed by atoms with Gasteiger partial charge in [-0.3, -0.25) is 14.9 Å². The fourth-order valence-electron chi connectivity index (χ4n) is 2.68. The van der Waals surface area contributed by atoms with Crippen LogP contribution < -0.4 is 14.9 Å². The quantitative estimate of drug-likeness (QED) is 0.140. The van der Waals surface area contributed by atoms with Crippen LogP contribution in [0.3, 0.4) is 0 Å².